The van der Waals surface area contributed by atoms with Gasteiger partial charge in [-0.05, 0) is 33.6 Å². The lowest BCUT2D eigenvalue weighted by molar-refractivity contribution is 0.0996. The summed E-state index contributed by atoms with van der Waals surface area (Å²) in [7, 11) is 0. The van der Waals surface area contributed by atoms with E-state index in [-0.39, 0.29) is 5.78 Å². The van der Waals surface area contributed by atoms with Crippen LogP contribution in [0, 0.1) is 0 Å². The molecular formula is C12H8Br2OS. The molecule has 1 aromatic heterocycles. The summed E-state index contributed by atoms with van der Waals surface area (Å²) >= 11 is 8.26. The molecule has 0 atom stereocenters. The standard InChI is InChI=1S/C12H8Br2OS/c13-9-6-12(16-7-9)11(15)5-8-3-1-2-4-10(8)14/h1-4,6-7H,5H2. The Bertz CT molecular complexity index is 519. The molecule has 2 aromatic rings. The summed E-state index contributed by atoms with van der Waals surface area (Å²) in [5.74, 6) is 0.155. The molecule has 0 bridgehead atoms. The highest BCUT2D eigenvalue weighted by molar-refractivity contribution is 9.10. The molecule has 4 heteroatoms. The molecule has 0 radical (unpaired) electrons. The predicted octanol–water partition coefficient (Wildman–Crippen LogP) is 4.70. The van der Waals surface area contributed by atoms with E-state index < -0.39 is 0 Å². The SMILES string of the molecule is O=C(Cc1ccccc1Br)c1cc(Br)cs1. The van der Waals surface area contributed by atoms with Crippen LogP contribution in [0.2, 0.25) is 0 Å². The van der Waals surface area contributed by atoms with Gasteiger partial charge in [0.1, 0.15) is 0 Å². The molecule has 0 saturated carbocycles. The molecule has 0 N–H and O–H groups in total. The molecule has 16 heavy (non-hydrogen) atoms. The number of halogens is 2. The third-order valence-electron chi connectivity index (χ3n) is 2.15. The van der Waals surface area contributed by atoms with E-state index in [9.17, 15) is 4.79 Å². The maximum absolute atomic E-state index is 11.9. The molecular weight excluding hydrogens is 352 g/mol. The van der Waals surface area contributed by atoms with Crippen LogP contribution in [0.3, 0.4) is 0 Å². The van der Waals surface area contributed by atoms with Crippen LogP contribution < -0.4 is 0 Å². The quantitative estimate of drug-likeness (QED) is 0.726. The molecule has 0 aliphatic heterocycles. The summed E-state index contributed by atoms with van der Waals surface area (Å²) in [6.07, 6.45) is 0.439. The van der Waals surface area contributed by atoms with Crippen LogP contribution in [0.15, 0.2) is 44.7 Å². The minimum absolute atomic E-state index is 0.155. The Morgan fingerprint density at radius 1 is 1.25 bits per heavy atom. The molecule has 0 spiro atoms. The minimum Gasteiger partial charge on any atom is -0.293 e. The number of thiophene rings is 1. The molecule has 1 aromatic carbocycles. The lowest BCUT2D eigenvalue weighted by Crippen LogP contribution is -2.01. The molecule has 0 aliphatic rings. The summed E-state index contributed by atoms with van der Waals surface area (Å²) in [5, 5.41) is 1.92. The summed E-state index contributed by atoms with van der Waals surface area (Å²) in [6.45, 7) is 0. The molecule has 1 heterocycles. The van der Waals surface area contributed by atoms with E-state index in [1.165, 1.54) is 11.3 Å². The van der Waals surface area contributed by atoms with Crippen molar-refractivity contribution in [3.05, 3.63) is 55.1 Å². The number of hydrogen-bond donors (Lipinski definition) is 0. The first kappa shape index (κ1) is 12.0. The molecule has 2 rings (SSSR count). The zero-order valence-corrected chi connectivity index (χ0v) is 12.2. The Balaban J connectivity index is 2.17. The maximum atomic E-state index is 11.9. The van der Waals surface area contributed by atoms with Gasteiger partial charge in [-0.3, -0.25) is 4.79 Å². The largest absolute Gasteiger partial charge is 0.293 e. The molecule has 0 unspecified atom stereocenters. The Morgan fingerprint density at radius 2 is 2.00 bits per heavy atom. The van der Waals surface area contributed by atoms with Gasteiger partial charge in [-0.1, -0.05) is 34.1 Å². The van der Waals surface area contributed by atoms with Crippen molar-refractivity contribution in [3.8, 4) is 0 Å². The fourth-order valence-corrected chi connectivity index (χ4v) is 3.15. The number of ketones is 1. The van der Waals surface area contributed by atoms with Crippen LogP contribution >= 0.6 is 43.2 Å². The van der Waals surface area contributed by atoms with E-state index in [1.54, 1.807) is 0 Å². The fourth-order valence-electron chi connectivity index (χ4n) is 1.36. The summed E-state index contributed by atoms with van der Waals surface area (Å²) in [6, 6.07) is 9.67. The highest BCUT2D eigenvalue weighted by Gasteiger charge is 2.10. The van der Waals surface area contributed by atoms with Gasteiger partial charge in [0.15, 0.2) is 5.78 Å². The lowest BCUT2D eigenvalue weighted by atomic mass is 10.1. The van der Waals surface area contributed by atoms with E-state index in [4.69, 9.17) is 0 Å². The van der Waals surface area contributed by atoms with Crippen molar-refractivity contribution < 1.29 is 4.79 Å². The van der Waals surface area contributed by atoms with Crippen LogP contribution in [0.5, 0.6) is 0 Å². The summed E-state index contributed by atoms with van der Waals surface area (Å²) < 4.78 is 1.95. The van der Waals surface area contributed by atoms with Gasteiger partial charge in [0.05, 0.1) is 4.88 Å². The van der Waals surface area contributed by atoms with Crippen LogP contribution in [-0.4, -0.2) is 5.78 Å². The van der Waals surface area contributed by atoms with Crippen LogP contribution in [0.4, 0.5) is 0 Å². The number of Topliss-reactive ketones (excluding diaryl/α,β-unsaturated/α-hetero) is 1. The van der Waals surface area contributed by atoms with Gasteiger partial charge in [0.2, 0.25) is 0 Å². The maximum Gasteiger partial charge on any atom is 0.177 e. The first-order valence-electron chi connectivity index (χ1n) is 4.67. The van der Waals surface area contributed by atoms with Gasteiger partial charge < -0.3 is 0 Å². The Hall–Kier alpha value is -0.450. The lowest BCUT2D eigenvalue weighted by Gasteiger charge is -2.01. The van der Waals surface area contributed by atoms with E-state index in [2.05, 4.69) is 31.9 Å². The van der Waals surface area contributed by atoms with E-state index in [0.717, 1.165) is 19.4 Å². The molecule has 0 fully saturated rings. The van der Waals surface area contributed by atoms with Gasteiger partial charge in [0, 0.05) is 20.7 Å². The molecule has 0 aliphatic carbocycles. The van der Waals surface area contributed by atoms with E-state index >= 15 is 0 Å². The van der Waals surface area contributed by atoms with Crippen molar-refractivity contribution in [2.45, 2.75) is 6.42 Å². The van der Waals surface area contributed by atoms with Crippen LogP contribution in [0.25, 0.3) is 0 Å². The number of hydrogen-bond acceptors (Lipinski definition) is 2. The minimum atomic E-state index is 0.155. The average Bonchev–Trinajstić information content (AvgIpc) is 2.68. The third-order valence-corrected chi connectivity index (χ3v) is 4.66. The smallest absolute Gasteiger partial charge is 0.177 e. The molecule has 0 saturated heterocycles. The average molecular weight is 360 g/mol. The third kappa shape index (κ3) is 2.81. The second kappa shape index (κ2) is 5.25. The number of benzene rings is 1. The van der Waals surface area contributed by atoms with Gasteiger partial charge in [-0.25, -0.2) is 0 Å². The van der Waals surface area contributed by atoms with E-state index in [0.29, 0.717) is 6.42 Å². The molecule has 1 nitrogen and oxygen atoms in total. The highest BCUT2D eigenvalue weighted by Crippen LogP contribution is 2.23. The predicted molar refractivity (Wildman–Crippen MR) is 74.2 cm³/mol. The van der Waals surface area contributed by atoms with Crippen molar-refractivity contribution in [2.75, 3.05) is 0 Å². The zero-order valence-electron chi connectivity index (χ0n) is 8.24. The van der Waals surface area contributed by atoms with Crippen LogP contribution in [-0.2, 0) is 6.42 Å². The van der Waals surface area contributed by atoms with Crippen molar-refractivity contribution in [2.24, 2.45) is 0 Å². The van der Waals surface area contributed by atoms with Crippen LogP contribution in [0.1, 0.15) is 15.2 Å². The monoisotopic (exact) mass is 358 g/mol. The fraction of sp³-hybridized carbons (Fsp3) is 0.0833. The molecule has 0 amide bonds. The summed E-state index contributed by atoms with van der Waals surface area (Å²) in [5.41, 5.74) is 1.03. The second-order valence-corrected chi connectivity index (χ2v) is 6.00. The first-order valence-corrected chi connectivity index (χ1v) is 7.14. The van der Waals surface area contributed by atoms with Crippen molar-refractivity contribution in [1.29, 1.82) is 0 Å². The number of rotatable bonds is 3. The molecule has 82 valence electrons. The first-order chi connectivity index (χ1) is 7.66. The zero-order chi connectivity index (χ0) is 11.5. The summed E-state index contributed by atoms with van der Waals surface area (Å²) in [4.78, 5) is 12.7. The Kier molecular flexibility index (Phi) is 3.95. The Labute approximate surface area is 115 Å². The normalized spacial score (nSPS) is 10.4. The van der Waals surface area contributed by atoms with E-state index in [1.807, 2.05) is 35.7 Å². The second-order valence-electron chi connectivity index (χ2n) is 3.32. The van der Waals surface area contributed by atoms with Gasteiger partial charge >= 0.3 is 0 Å². The van der Waals surface area contributed by atoms with Crippen molar-refractivity contribution >= 4 is 49.0 Å². The van der Waals surface area contributed by atoms with Crippen molar-refractivity contribution in [3.63, 3.8) is 0 Å². The topological polar surface area (TPSA) is 17.1 Å². The van der Waals surface area contributed by atoms with Gasteiger partial charge in [-0.15, -0.1) is 11.3 Å². The van der Waals surface area contributed by atoms with Gasteiger partial charge in [-0.2, -0.15) is 0 Å². The van der Waals surface area contributed by atoms with Crippen molar-refractivity contribution in [1.82, 2.24) is 0 Å². The van der Waals surface area contributed by atoms with Gasteiger partial charge in [0.25, 0.3) is 0 Å². The number of carbonyl (C=O) groups excluding carboxylic acids is 1. The Morgan fingerprint density at radius 3 is 2.62 bits per heavy atom. The highest BCUT2D eigenvalue weighted by atomic mass is 79.9. The number of carbonyl (C=O) groups is 1.